The van der Waals surface area contributed by atoms with Crippen LogP contribution in [-0.4, -0.2) is 40.6 Å². The Kier molecular flexibility index (Phi) is 4.62. The van der Waals surface area contributed by atoms with Crippen LogP contribution in [0.2, 0.25) is 5.02 Å². The summed E-state index contributed by atoms with van der Waals surface area (Å²) in [6, 6.07) is 13.4. The summed E-state index contributed by atoms with van der Waals surface area (Å²) in [5.74, 6) is 0.993. The molecule has 3 aromatic rings. The van der Waals surface area contributed by atoms with Crippen LogP contribution in [-0.2, 0) is 0 Å². The lowest BCUT2D eigenvalue weighted by Gasteiger charge is -2.39. The molecule has 0 bridgehead atoms. The van der Waals surface area contributed by atoms with Gasteiger partial charge >= 0.3 is 0 Å². The number of methoxy groups -OCH3 is 1. The number of imidazole rings is 1. The second-order valence-electron chi connectivity index (χ2n) is 6.77. The van der Waals surface area contributed by atoms with Gasteiger partial charge in [-0.1, -0.05) is 23.7 Å². The van der Waals surface area contributed by atoms with E-state index in [2.05, 4.69) is 11.1 Å². The number of carbonyl (C=O) groups is 1. The van der Waals surface area contributed by atoms with E-state index in [4.69, 9.17) is 16.3 Å². The smallest absolute Gasteiger partial charge is 0.254 e. The van der Waals surface area contributed by atoms with Gasteiger partial charge in [0.25, 0.3) is 5.91 Å². The highest BCUT2D eigenvalue weighted by Gasteiger charge is 2.32. The van der Waals surface area contributed by atoms with Crippen molar-refractivity contribution in [3.63, 3.8) is 0 Å². The first-order chi connectivity index (χ1) is 13.0. The minimum absolute atomic E-state index is 0.0138. The summed E-state index contributed by atoms with van der Waals surface area (Å²) in [7, 11) is 1.61. The van der Waals surface area contributed by atoms with Gasteiger partial charge in [-0.3, -0.25) is 4.79 Å². The predicted octanol–water partition coefficient (Wildman–Crippen LogP) is 4.08. The standard InChI is InChI=1S/C21H20ClN3O2/c1-14-10-25(13-23-14)19-7-6-16(9-20(19)27-2)21(26)24-11-17(12-24)15-4-3-5-18(22)8-15/h3-10,13,17H,11-12H2,1-2H3. The summed E-state index contributed by atoms with van der Waals surface area (Å²) >= 11 is 6.06. The maximum absolute atomic E-state index is 12.8. The molecule has 1 aliphatic heterocycles. The van der Waals surface area contributed by atoms with E-state index >= 15 is 0 Å². The normalized spacial score (nSPS) is 14.1. The highest BCUT2D eigenvalue weighted by atomic mass is 35.5. The van der Waals surface area contributed by atoms with Gasteiger partial charge < -0.3 is 14.2 Å². The number of rotatable bonds is 4. The molecule has 0 aliphatic carbocycles. The van der Waals surface area contributed by atoms with Crippen molar-refractivity contribution in [3.05, 3.63) is 76.8 Å². The maximum atomic E-state index is 12.8. The number of halogens is 1. The topological polar surface area (TPSA) is 47.4 Å². The maximum Gasteiger partial charge on any atom is 0.254 e. The molecular formula is C21H20ClN3O2. The van der Waals surface area contributed by atoms with E-state index in [1.165, 1.54) is 5.56 Å². The Morgan fingerprint density at radius 1 is 1.22 bits per heavy atom. The van der Waals surface area contributed by atoms with Crippen LogP contribution in [0.5, 0.6) is 5.75 Å². The van der Waals surface area contributed by atoms with Crippen molar-refractivity contribution >= 4 is 17.5 Å². The molecule has 0 N–H and O–H groups in total. The first-order valence-corrected chi connectivity index (χ1v) is 9.16. The predicted molar refractivity (Wildman–Crippen MR) is 105 cm³/mol. The van der Waals surface area contributed by atoms with Crippen LogP contribution in [0.3, 0.4) is 0 Å². The van der Waals surface area contributed by atoms with Crippen molar-refractivity contribution in [2.75, 3.05) is 20.2 Å². The number of carbonyl (C=O) groups excluding carboxylic acids is 1. The third-order valence-corrected chi connectivity index (χ3v) is 5.14. The molecule has 6 heteroatoms. The van der Waals surface area contributed by atoms with Crippen LogP contribution >= 0.6 is 11.6 Å². The van der Waals surface area contributed by atoms with Crippen LogP contribution in [0.4, 0.5) is 0 Å². The van der Waals surface area contributed by atoms with E-state index in [-0.39, 0.29) is 5.91 Å². The number of hydrogen-bond acceptors (Lipinski definition) is 3. The molecule has 2 heterocycles. The minimum Gasteiger partial charge on any atom is -0.495 e. The highest BCUT2D eigenvalue weighted by Crippen LogP contribution is 2.31. The minimum atomic E-state index is 0.0138. The zero-order valence-electron chi connectivity index (χ0n) is 15.2. The fourth-order valence-electron chi connectivity index (χ4n) is 3.38. The number of aryl methyl sites for hydroxylation is 1. The number of nitrogens with zero attached hydrogens (tertiary/aromatic N) is 3. The summed E-state index contributed by atoms with van der Waals surface area (Å²) in [4.78, 5) is 18.9. The molecule has 0 unspecified atom stereocenters. The molecule has 1 aliphatic rings. The molecule has 5 nitrogen and oxygen atoms in total. The van der Waals surface area contributed by atoms with Gasteiger partial charge in [0.1, 0.15) is 5.75 Å². The molecule has 0 spiro atoms. The molecule has 0 radical (unpaired) electrons. The Hall–Kier alpha value is -2.79. The molecule has 1 amide bonds. The fraction of sp³-hybridized carbons (Fsp3) is 0.238. The van der Waals surface area contributed by atoms with Crippen molar-refractivity contribution in [2.24, 2.45) is 0 Å². The average Bonchev–Trinajstić information content (AvgIpc) is 3.06. The molecule has 1 saturated heterocycles. The largest absolute Gasteiger partial charge is 0.495 e. The Morgan fingerprint density at radius 3 is 2.70 bits per heavy atom. The summed E-state index contributed by atoms with van der Waals surface area (Å²) in [6.07, 6.45) is 3.66. The summed E-state index contributed by atoms with van der Waals surface area (Å²) in [5.41, 5.74) is 3.58. The Bertz CT molecular complexity index is 993. The van der Waals surface area contributed by atoms with Crippen LogP contribution in [0.25, 0.3) is 5.69 Å². The Morgan fingerprint density at radius 2 is 2.04 bits per heavy atom. The van der Waals surface area contributed by atoms with E-state index in [0.717, 1.165) is 16.4 Å². The fourth-order valence-corrected chi connectivity index (χ4v) is 3.57. The third kappa shape index (κ3) is 3.43. The molecule has 0 atom stereocenters. The molecule has 4 rings (SSSR count). The highest BCUT2D eigenvalue weighted by molar-refractivity contribution is 6.30. The summed E-state index contributed by atoms with van der Waals surface area (Å²) in [5, 5.41) is 0.729. The van der Waals surface area contributed by atoms with E-state index in [1.807, 2.05) is 52.9 Å². The van der Waals surface area contributed by atoms with Gasteiger partial charge in [-0.15, -0.1) is 0 Å². The van der Waals surface area contributed by atoms with E-state index < -0.39 is 0 Å². The lowest BCUT2D eigenvalue weighted by molar-refractivity contribution is 0.0602. The first kappa shape index (κ1) is 17.6. The molecule has 2 aromatic carbocycles. The van der Waals surface area contributed by atoms with E-state index in [1.54, 1.807) is 19.5 Å². The Balaban J connectivity index is 1.50. The van der Waals surface area contributed by atoms with E-state index in [9.17, 15) is 4.79 Å². The van der Waals surface area contributed by atoms with Gasteiger partial charge in [0.15, 0.2) is 0 Å². The second kappa shape index (κ2) is 7.08. The van der Waals surface area contributed by atoms with Crippen molar-refractivity contribution in [1.82, 2.24) is 14.5 Å². The van der Waals surface area contributed by atoms with Gasteiger partial charge in [0.05, 0.1) is 24.8 Å². The van der Waals surface area contributed by atoms with Crippen molar-refractivity contribution < 1.29 is 9.53 Å². The van der Waals surface area contributed by atoms with Crippen molar-refractivity contribution in [3.8, 4) is 11.4 Å². The number of hydrogen-bond donors (Lipinski definition) is 0. The lowest BCUT2D eigenvalue weighted by atomic mass is 9.91. The number of ether oxygens (including phenoxy) is 1. The summed E-state index contributed by atoms with van der Waals surface area (Å²) < 4.78 is 7.39. The molecule has 1 fully saturated rings. The van der Waals surface area contributed by atoms with Gasteiger partial charge in [-0.05, 0) is 42.8 Å². The van der Waals surface area contributed by atoms with Crippen molar-refractivity contribution in [1.29, 1.82) is 0 Å². The number of benzene rings is 2. The Labute approximate surface area is 163 Å². The monoisotopic (exact) mass is 381 g/mol. The number of amides is 1. The SMILES string of the molecule is COc1cc(C(=O)N2CC(c3cccc(Cl)c3)C2)ccc1-n1cnc(C)c1. The van der Waals surface area contributed by atoms with E-state index in [0.29, 0.717) is 30.3 Å². The van der Waals surface area contributed by atoms with Crippen LogP contribution in [0.15, 0.2) is 55.0 Å². The zero-order valence-corrected chi connectivity index (χ0v) is 16.0. The van der Waals surface area contributed by atoms with Crippen LogP contribution in [0, 0.1) is 6.92 Å². The van der Waals surface area contributed by atoms with Gasteiger partial charge in [0.2, 0.25) is 0 Å². The quantitative estimate of drug-likeness (QED) is 0.684. The van der Waals surface area contributed by atoms with Gasteiger partial charge in [-0.2, -0.15) is 0 Å². The molecular weight excluding hydrogens is 362 g/mol. The lowest BCUT2D eigenvalue weighted by Crippen LogP contribution is -2.48. The third-order valence-electron chi connectivity index (χ3n) is 4.91. The van der Waals surface area contributed by atoms with Crippen LogP contribution in [0.1, 0.15) is 27.5 Å². The van der Waals surface area contributed by atoms with Gasteiger partial charge in [-0.25, -0.2) is 4.98 Å². The number of aromatic nitrogens is 2. The number of likely N-dealkylation sites (tertiary alicyclic amines) is 1. The van der Waals surface area contributed by atoms with Gasteiger partial charge in [0, 0.05) is 35.8 Å². The summed E-state index contributed by atoms with van der Waals surface area (Å²) in [6.45, 7) is 3.33. The second-order valence-corrected chi connectivity index (χ2v) is 7.21. The van der Waals surface area contributed by atoms with Crippen molar-refractivity contribution in [2.45, 2.75) is 12.8 Å². The molecule has 1 aromatic heterocycles. The molecule has 138 valence electrons. The molecule has 27 heavy (non-hydrogen) atoms. The van der Waals surface area contributed by atoms with Crippen LogP contribution < -0.4 is 4.74 Å². The molecule has 0 saturated carbocycles. The average molecular weight is 382 g/mol. The first-order valence-electron chi connectivity index (χ1n) is 8.79. The zero-order chi connectivity index (χ0) is 19.0.